The molecule has 0 saturated heterocycles. The number of hydrogen-bond donors (Lipinski definition) is 2. The number of amides is 1. The predicted octanol–water partition coefficient (Wildman–Crippen LogP) is 4.05. The monoisotopic (exact) mass is 396 g/mol. The topological polar surface area (TPSA) is 55.1 Å². The minimum atomic E-state index is 0. The van der Waals surface area contributed by atoms with Gasteiger partial charge in [-0.05, 0) is 54.7 Å². The summed E-state index contributed by atoms with van der Waals surface area (Å²) in [4.78, 5) is 11.9. The first-order chi connectivity index (χ1) is 10.5. The zero-order valence-electron chi connectivity index (χ0n) is 13.1. The quantitative estimate of drug-likeness (QED) is 0.722. The molecule has 3 N–H and O–H groups in total. The number of benzene rings is 2. The number of carbonyl (C=O) groups excluding carboxylic acids is 1. The molecule has 0 heterocycles. The fourth-order valence-electron chi connectivity index (χ4n) is 2.24. The Labute approximate surface area is 152 Å². The molecular formula is C18H22BrClN2O. The summed E-state index contributed by atoms with van der Waals surface area (Å²) < 4.78 is 1.10. The lowest BCUT2D eigenvalue weighted by atomic mass is 10.1. The largest absolute Gasteiger partial charge is 0.399 e. The Bertz CT molecular complexity index is 644. The number of anilines is 1. The fraction of sp³-hybridized carbons (Fsp3) is 0.278. The van der Waals surface area contributed by atoms with Crippen LogP contribution in [-0.4, -0.2) is 12.5 Å². The van der Waals surface area contributed by atoms with Crippen LogP contribution in [0.4, 0.5) is 5.69 Å². The van der Waals surface area contributed by atoms with E-state index in [4.69, 9.17) is 5.73 Å². The third-order valence-electron chi connectivity index (χ3n) is 3.58. The molecule has 1 amide bonds. The molecule has 0 spiro atoms. The van der Waals surface area contributed by atoms with Gasteiger partial charge < -0.3 is 11.1 Å². The van der Waals surface area contributed by atoms with E-state index >= 15 is 0 Å². The second-order valence-corrected chi connectivity index (χ2v) is 6.28. The zero-order chi connectivity index (χ0) is 15.9. The predicted molar refractivity (Wildman–Crippen MR) is 102 cm³/mol. The van der Waals surface area contributed by atoms with Crippen LogP contribution in [0.5, 0.6) is 0 Å². The number of carbonyl (C=O) groups is 1. The summed E-state index contributed by atoms with van der Waals surface area (Å²) in [6.07, 6.45) is 2.11. The van der Waals surface area contributed by atoms with Crippen LogP contribution in [0.2, 0.25) is 0 Å². The molecule has 3 nitrogen and oxygen atoms in total. The second kappa shape index (κ2) is 9.58. The number of halogens is 2. The van der Waals surface area contributed by atoms with Crippen LogP contribution in [-0.2, 0) is 17.6 Å². The Balaban J connectivity index is 0.00000264. The summed E-state index contributed by atoms with van der Waals surface area (Å²) >= 11 is 3.48. The first-order valence-corrected chi connectivity index (χ1v) is 8.20. The van der Waals surface area contributed by atoms with E-state index in [0.29, 0.717) is 13.0 Å². The van der Waals surface area contributed by atoms with Gasteiger partial charge >= 0.3 is 0 Å². The SMILES string of the molecule is Cc1cc(CCC(=O)NCCc2ccc(N)cc2)ccc1Br.Cl. The van der Waals surface area contributed by atoms with Crippen molar-refractivity contribution in [1.29, 1.82) is 0 Å². The van der Waals surface area contributed by atoms with Crippen LogP contribution in [0.25, 0.3) is 0 Å². The summed E-state index contributed by atoms with van der Waals surface area (Å²) in [5, 5.41) is 2.96. The summed E-state index contributed by atoms with van der Waals surface area (Å²) in [6, 6.07) is 14.0. The van der Waals surface area contributed by atoms with E-state index in [1.807, 2.05) is 30.3 Å². The molecular weight excluding hydrogens is 376 g/mol. The van der Waals surface area contributed by atoms with E-state index in [9.17, 15) is 4.79 Å². The summed E-state index contributed by atoms with van der Waals surface area (Å²) in [6.45, 7) is 2.71. The average Bonchev–Trinajstić information content (AvgIpc) is 2.50. The van der Waals surface area contributed by atoms with Crippen molar-refractivity contribution in [3.63, 3.8) is 0 Å². The highest BCUT2D eigenvalue weighted by atomic mass is 79.9. The molecule has 2 aromatic carbocycles. The van der Waals surface area contributed by atoms with Crippen LogP contribution in [0.15, 0.2) is 46.9 Å². The number of rotatable bonds is 6. The van der Waals surface area contributed by atoms with E-state index in [1.165, 1.54) is 16.7 Å². The van der Waals surface area contributed by atoms with Gasteiger partial charge in [0.15, 0.2) is 0 Å². The van der Waals surface area contributed by atoms with Gasteiger partial charge in [0.2, 0.25) is 5.91 Å². The number of nitrogen functional groups attached to an aromatic ring is 1. The van der Waals surface area contributed by atoms with Crippen molar-refractivity contribution in [2.45, 2.75) is 26.2 Å². The molecule has 23 heavy (non-hydrogen) atoms. The van der Waals surface area contributed by atoms with E-state index in [2.05, 4.69) is 40.3 Å². The third-order valence-corrected chi connectivity index (χ3v) is 4.47. The molecule has 5 heteroatoms. The average molecular weight is 398 g/mol. The number of nitrogens with two attached hydrogens (primary N) is 1. The molecule has 0 aromatic heterocycles. The van der Waals surface area contributed by atoms with Crippen LogP contribution in [0, 0.1) is 6.92 Å². The van der Waals surface area contributed by atoms with Crippen molar-refractivity contribution in [2.75, 3.05) is 12.3 Å². The minimum absolute atomic E-state index is 0. The Morgan fingerprint density at radius 1 is 1.09 bits per heavy atom. The van der Waals surface area contributed by atoms with Crippen LogP contribution >= 0.6 is 28.3 Å². The Morgan fingerprint density at radius 3 is 2.39 bits per heavy atom. The van der Waals surface area contributed by atoms with E-state index in [-0.39, 0.29) is 18.3 Å². The van der Waals surface area contributed by atoms with Crippen molar-refractivity contribution in [2.24, 2.45) is 0 Å². The van der Waals surface area contributed by atoms with Crippen LogP contribution in [0.1, 0.15) is 23.1 Å². The zero-order valence-corrected chi connectivity index (χ0v) is 15.5. The Kier molecular flexibility index (Phi) is 8.13. The van der Waals surface area contributed by atoms with Crippen LogP contribution in [0.3, 0.4) is 0 Å². The Morgan fingerprint density at radius 2 is 1.74 bits per heavy atom. The van der Waals surface area contributed by atoms with Gasteiger partial charge in [-0.2, -0.15) is 0 Å². The molecule has 124 valence electrons. The highest BCUT2D eigenvalue weighted by Gasteiger charge is 2.03. The van der Waals surface area contributed by atoms with Crippen molar-refractivity contribution in [1.82, 2.24) is 5.32 Å². The first-order valence-electron chi connectivity index (χ1n) is 7.41. The summed E-state index contributed by atoms with van der Waals surface area (Å²) in [7, 11) is 0. The highest BCUT2D eigenvalue weighted by molar-refractivity contribution is 9.10. The van der Waals surface area contributed by atoms with Gasteiger partial charge in [0.1, 0.15) is 0 Å². The van der Waals surface area contributed by atoms with Crippen LogP contribution < -0.4 is 11.1 Å². The maximum Gasteiger partial charge on any atom is 0.220 e. The molecule has 0 saturated carbocycles. The first kappa shape index (κ1) is 19.5. The smallest absolute Gasteiger partial charge is 0.220 e. The van der Waals surface area contributed by atoms with E-state index in [0.717, 1.165) is 23.0 Å². The Hall–Kier alpha value is -1.52. The number of aryl methyl sites for hydroxylation is 2. The third kappa shape index (κ3) is 6.63. The van der Waals surface area contributed by atoms with Gasteiger partial charge in [-0.3, -0.25) is 4.79 Å². The molecule has 0 unspecified atom stereocenters. The maximum atomic E-state index is 11.9. The number of hydrogen-bond acceptors (Lipinski definition) is 2. The van der Waals surface area contributed by atoms with E-state index < -0.39 is 0 Å². The highest BCUT2D eigenvalue weighted by Crippen LogP contribution is 2.17. The van der Waals surface area contributed by atoms with Crippen molar-refractivity contribution < 1.29 is 4.79 Å². The van der Waals surface area contributed by atoms with Gasteiger partial charge in [0, 0.05) is 23.1 Å². The minimum Gasteiger partial charge on any atom is -0.399 e. The lowest BCUT2D eigenvalue weighted by molar-refractivity contribution is -0.121. The second-order valence-electron chi connectivity index (χ2n) is 5.43. The fourth-order valence-corrected chi connectivity index (χ4v) is 2.49. The van der Waals surface area contributed by atoms with Crippen molar-refractivity contribution >= 4 is 39.9 Å². The van der Waals surface area contributed by atoms with Gasteiger partial charge in [-0.1, -0.05) is 40.2 Å². The standard InChI is InChI=1S/C18H21BrN2O.ClH/c1-13-12-15(4-8-17(13)19)5-9-18(22)21-11-10-14-2-6-16(20)7-3-14;/h2-4,6-8,12H,5,9-11,20H2,1H3,(H,21,22);1H. The van der Waals surface area contributed by atoms with E-state index in [1.54, 1.807) is 0 Å². The molecule has 0 radical (unpaired) electrons. The normalized spacial score (nSPS) is 10.0. The summed E-state index contributed by atoms with van der Waals surface area (Å²) in [5.41, 5.74) is 9.97. The molecule has 0 aliphatic rings. The molecule has 0 aliphatic heterocycles. The summed E-state index contributed by atoms with van der Waals surface area (Å²) in [5.74, 6) is 0.0935. The molecule has 0 aliphatic carbocycles. The molecule has 0 atom stereocenters. The molecule has 2 aromatic rings. The molecule has 0 fully saturated rings. The maximum absolute atomic E-state index is 11.9. The number of nitrogens with one attached hydrogen (secondary N) is 1. The lowest BCUT2D eigenvalue weighted by Crippen LogP contribution is -2.25. The van der Waals surface area contributed by atoms with Crippen molar-refractivity contribution in [3.05, 3.63) is 63.6 Å². The molecule has 0 bridgehead atoms. The van der Waals surface area contributed by atoms with Gasteiger partial charge in [0.25, 0.3) is 0 Å². The molecule has 2 rings (SSSR count). The van der Waals surface area contributed by atoms with Gasteiger partial charge in [-0.15, -0.1) is 12.4 Å². The van der Waals surface area contributed by atoms with Gasteiger partial charge in [0.05, 0.1) is 0 Å². The van der Waals surface area contributed by atoms with Gasteiger partial charge in [-0.25, -0.2) is 0 Å². The van der Waals surface area contributed by atoms with Crippen molar-refractivity contribution in [3.8, 4) is 0 Å². The lowest BCUT2D eigenvalue weighted by Gasteiger charge is -2.07.